The van der Waals surface area contributed by atoms with Gasteiger partial charge in [-0.05, 0) is 20.3 Å². The third-order valence-corrected chi connectivity index (χ3v) is 4.24. The zero-order chi connectivity index (χ0) is 15.4. The highest BCUT2D eigenvalue weighted by Crippen LogP contribution is 2.17. The molecule has 5 nitrogen and oxygen atoms in total. The maximum absolute atomic E-state index is 4.40. The smallest absolute Gasteiger partial charge is 0.224 e. The molecule has 0 aromatic carbocycles. The molecule has 0 bridgehead atoms. The fourth-order valence-electron chi connectivity index (χ4n) is 3.04. The molecule has 1 fully saturated rings. The van der Waals surface area contributed by atoms with Gasteiger partial charge in [-0.1, -0.05) is 6.92 Å². The van der Waals surface area contributed by atoms with Crippen LogP contribution in [-0.4, -0.2) is 65.6 Å². The van der Waals surface area contributed by atoms with E-state index in [4.69, 9.17) is 0 Å². The maximum atomic E-state index is 4.40. The molecule has 0 aliphatic carbocycles. The number of aromatic nitrogens is 2. The van der Waals surface area contributed by atoms with E-state index in [9.17, 15) is 0 Å². The van der Waals surface area contributed by atoms with E-state index in [2.05, 4.69) is 40.5 Å². The molecule has 1 aliphatic heterocycles. The predicted molar refractivity (Wildman–Crippen MR) is 87.6 cm³/mol. The van der Waals surface area contributed by atoms with E-state index in [0.29, 0.717) is 12.1 Å². The summed E-state index contributed by atoms with van der Waals surface area (Å²) in [4.78, 5) is 15.9. The lowest BCUT2D eigenvalue weighted by molar-refractivity contribution is 0.0456. The Bertz CT molecular complexity index is 429. The van der Waals surface area contributed by atoms with E-state index in [0.717, 1.165) is 32.1 Å². The minimum absolute atomic E-state index is 0.639. The van der Waals surface area contributed by atoms with Gasteiger partial charge in [0.05, 0.1) is 0 Å². The first-order valence-electron chi connectivity index (χ1n) is 7.97. The van der Waals surface area contributed by atoms with Gasteiger partial charge in [-0.15, -0.1) is 0 Å². The van der Waals surface area contributed by atoms with Crippen molar-refractivity contribution in [1.82, 2.24) is 19.8 Å². The lowest BCUT2D eigenvalue weighted by Gasteiger charge is -2.43. The van der Waals surface area contributed by atoms with Crippen LogP contribution in [0, 0.1) is 0 Å². The Hall–Kier alpha value is -1.20. The van der Waals surface area contributed by atoms with Crippen LogP contribution in [0.25, 0.3) is 0 Å². The van der Waals surface area contributed by atoms with Gasteiger partial charge < -0.3 is 4.90 Å². The monoisotopic (exact) mass is 291 g/mol. The van der Waals surface area contributed by atoms with Crippen molar-refractivity contribution < 1.29 is 0 Å². The molecule has 5 heteroatoms. The number of piperazine rings is 1. The van der Waals surface area contributed by atoms with Crippen molar-refractivity contribution in [2.75, 3.05) is 38.6 Å². The Labute approximate surface area is 129 Å². The largest absolute Gasteiger partial charge is 0.347 e. The number of nitrogens with zero attached hydrogens (tertiary/aromatic N) is 5. The van der Waals surface area contributed by atoms with Crippen LogP contribution in [-0.2, 0) is 6.54 Å². The summed E-state index contributed by atoms with van der Waals surface area (Å²) >= 11 is 0. The molecule has 1 aromatic heterocycles. The summed E-state index contributed by atoms with van der Waals surface area (Å²) in [6.45, 7) is 11.3. The zero-order valence-corrected chi connectivity index (χ0v) is 14.1. The molecule has 118 valence electrons. The van der Waals surface area contributed by atoms with Crippen LogP contribution in [0.4, 0.5) is 5.95 Å². The van der Waals surface area contributed by atoms with Gasteiger partial charge in [0, 0.05) is 70.3 Å². The van der Waals surface area contributed by atoms with Crippen LogP contribution in [0.15, 0.2) is 12.4 Å². The second-order valence-corrected chi connectivity index (χ2v) is 6.41. The van der Waals surface area contributed by atoms with Gasteiger partial charge in [0.1, 0.15) is 0 Å². The summed E-state index contributed by atoms with van der Waals surface area (Å²) in [5.41, 5.74) is 1.20. The second kappa shape index (κ2) is 7.18. The Morgan fingerprint density at radius 1 is 1.24 bits per heavy atom. The van der Waals surface area contributed by atoms with Crippen LogP contribution in [0.3, 0.4) is 0 Å². The maximum Gasteiger partial charge on any atom is 0.224 e. The third-order valence-electron chi connectivity index (χ3n) is 4.24. The van der Waals surface area contributed by atoms with Crippen molar-refractivity contribution in [3.8, 4) is 0 Å². The highest BCUT2D eigenvalue weighted by atomic mass is 15.3. The number of rotatable bonds is 5. The lowest BCUT2D eigenvalue weighted by atomic mass is 10.1. The molecule has 2 heterocycles. The molecular weight excluding hydrogens is 262 g/mol. The van der Waals surface area contributed by atoms with Crippen molar-refractivity contribution in [2.45, 2.75) is 45.8 Å². The SMILES string of the molecule is CC[C@H]1CN(Cc2cnc(N(C)C)nc2)CCN1C(C)C. The minimum atomic E-state index is 0.639. The van der Waals surface area contributed by atoms with Crippen LogP contribution >= 0.6 is 0 Å². The van der Waals surface area contributed by atoms with Crippen molar-refractivity contribution in [3.05, 3.63) is 18.0 Å². The van der Waals surface area contributed by atoms with Crippen LogP contribution < -0.4 is 4.90 Å². The Morgan fingerprint density at radius 3 is 2.43 bits per heavy atom. The Kier molecular flexibility index (Phi) is 5.53. The molecule has 21 heavy (non-hydrogen) atoms. The van der Waals surface area contributed by atoms with E-state index in [-0.39, 0.29) is 0 Å². The molecule has 0 radical (unpaired) electrons. The first-order valence-corrected chi connectivity index (χ1v) is 7.97. The normalized spacial score (nSPS) is 21.0. The van der Waals surface area contributed by atoms with Crippen LogP contribution in [0.5, 0.6) is 0 Å². The summed E-state index contributed by atoms with van der Waals surface area (Å²) < 4.78 is 0. The van der Waals surface area contributed by atoms with Gasteiger partial charge in [-0.3, -0.25) is 9.80 Å². The van der Waals surface area contributed by atoms with E-state index in [1.807, 2.05) is 31.4 Å². The molecule has 1 atom stereocenters. The van der Waals surface area contributed by atoms with Gasteiger partial charge >= 0.3 is 0 Å². The predicted octanol–water partition coefficient (Wildman–Crippen LogP) is 1.85. The van der Waals surface area contributed by atoms with Gasteiger partial charge in [-0.25, -0.2) is 9.97 Å². The molecular formula is C16H29N5. The molecule has 0 saturated carbocycles. The standard InChI is InChI=1S/C16H29N5/c1-6-15-12-20(7-8-21(15)13(2)3)11-14-9-17-16(18-10-14)19(4)5/h9-10,13,15H,6-8,11-12H2,1-5H3/t15-/m0/s1. The van der Waals surface area contributed by atoms with Gasteiger partial charge in [-0.2, -0.15) is 0 Å². The molecule has 0 spiro atoms. The first-order chi connectivity index (χ1) is 10.0. The zero-order valence-electron chi connectivity index (χ0n) is 14.1. The van der Waals surface area contributed by atoms with Crippen LogP contribution in [0.1, 0.15) is 32.8 Å². The summed E-state index contributed by atoms with van der Waals surface area (Å²) in [5.74, 6) is 0.773. The van der Waals surface area contributed by atoms with E-state index >= 15 is 0 Å². The summed E-state index contributed by atoms with van der Waals surface area (Å²) in [6.07, 6.45) is 5.13. The van der Waals surface area contributed by atoms with Crippen molar-refractivity contribution in [3.63, 3.8) is 0 Å². The average molecular weight is 291 g/mol. The molecule has 2 rings (SSSR count). The number of hydrogen-bond donors (Lipinski definition) is 0. The summed E-state index contributed by atoms with van der Waals surface area (Å²) in [5, 5.41) is 0. The molecule has 1 saturated heterocycles. The Morgan fingerprint density at radius 2 is 1.90 bits per heavy atom. The van der Waals surface area contributed by atoms with Crippen molar-refractivity contribution >= 4 is 5.95 Å². The Balaban J connectivity index is 1.94. The molecule has 0 N–H and O–H groups in total. The van der Waals surface area contributed by atoms with Crippen molar-refractivity contribution in [2.24, 2.45) is 0 Å². The van der Waals surface area contributed by atoms with Crippen molar-refractivity contribution in [1.29, 1.82) is 0 Å². The third kappa shape index (κ3) is 4.14. The fourth-order valence-corrected chi connectivity index (χ4v) is 3.04. The highest BCUT2D eigenvalue weighted by molar-refractivity contribution is 5.26. The lowest BCUT2D eigenvalue weighted by Crippen LogP contribution is -2.54. The highest BCUT2D eigenvalue weighted by Gasteiger charge is 2.27. The summed E-state index contributed by atoms with van der Waals surface area (Å²) in [6, 6.07) is 1.31. The van der Waals surface area contributed by atoms with Gasteiger partial charge in [0.15, 0.2) is 0 Å². The van der Waals surface area contributed by atoms with E-state index in [1.54, 1.807) is 0 Å². The van der Waals surface area contributed by atoms with E-state index < -0.39 is 0 Å². The minimum Gasteiger partial charge on any atom is -0.347 e. The first kappa shape index (κ1) is 16.2. The average Bonchev–Trinajstić information content (AvgIpc) is 2.47. The molecule has 1 aromatic rings. The molecule has 0 amide bonds. The summed E-state index contributed by atoms with van der Waals surface area (Å²) in [7, 11) is 3.93. The fraction of sp³-hybridized carbons (Fsp3) is 0.750. The second-order valence-electron chi connectivity index (χ2n) is 6.41. The van der Waals surface area contributed by atoms with Crippen LogP contribution in [0.2, 0.25) is 0 Å². The topological polar surface area (TPSA) is 35.5 Å². The number of anilines is 1. The molecule has 0 unspecified atom stereocenters. The number of hydrogen-bond acceptors (Lipinski definition) is 5. The quantitative estimate of drug-likeness (QED) is 0.827. The van der Waals surface area contributed by atoms with E-state index in [1.165, 1.54) is 12.0 Å². The van der Waals surface area contributed by atoms with Gasteiger partial charge in [0.2, 0.25) is 5.95 Å². The molecule has 1 aliphatic rings. The van der Waals surface area contributed by atoms with Gasteiger partial charge in [0.25, 0.3) is 0 Å².